The molecular formula is C23H30Cl2N4O3. The van der Waals surface area contributed by atoms with Crippen molar-refractivity contribution in [1.29, 1.82) is 0 Å². The van der Waals surface area contributed by atoms with Crippen molar-refractivity contribution < 1.29 is 14.7 Å². The van der Waals surface area contributed by atoms with E-state index in [0.717, 1.165) is 5.69 Å². The Balaban J connectivity index is 1.85. The molecule has 0 bridgehead atoms. The SMILES string of the molecule is C#CCN1CCN(C(=O)O)[C@](C(=O)N2CCN(c3ccc(Cl)c(Cl)c3)CC2)(C(C)(C)C)C1. The predicted octanol–water partition coefficient (Wildman–Crippen LogP) is 3.36. The van der Waals surface area contributed by atoms with Gasteiger partial charge in [0.25, 0.3) is 5.91 Å². The van der Waals surface area contributed by atoms with Gasteiger partial charge < -0.3 is 14.9 Å². The molecule has 1 N–H and O–H groups in total. The molecule has 2 aliphatic heterocycles. The molecule has 2 saturated heterocycles. The highest BCUT2D eigenvalue weighted by atomic mass is 35.5. The van der Waals surface area contributed by atoms with E-state index >= 15 is 0 Å². The first-order chi connectivity index (χ1) is 15.0. The minimum atomic E-state index is -1.22. The van der Waals surface area contributed by atoms with Gasteiger partial charge in [0, 0.05) is 51.5 Å². The highest BCUT2D eigenvalue weighted by molar-refractivity contribution is 6.42. The van der Waals surface area contributed by atoms with Crippen molar-refractivity contribution in [2.75, 3.05) is 57.3 Å². The fraction of sp³-hybridized carbons (Fsp3) is 0.565. The molecule has 2 aliphatic rings. The molecule has 0 aromatic heterocycles. The van der Waals surface area contributed by atoms with E-state index in [2.05, 4.69) is 10.8 Å². The van der Waals surface area contributed by atoms with Crippen LogP contribution in [0.15, 0.2) is 18.2 Å². The number of nitrogens with zero attached hydrogens (tertiary/aromatic N) is 4. The van der Waals surface area contributed by atoms with Gasteiger partial charge in [-0.25, -0.2) is 4.79 Å². The van der Waals surface area contributed by atoms with Gasteiger partial charge in [-0.2, -0.15) is 0 Å². The van der Waals surface area contributed by atoms with Crippen molar-refractivity contribution in [2.24, 2.45) is 5.41 Å². The van der Waals surface area contributed by atoms with Crippen LogP contribution in [0.3, 0.4) is 0 Å². The van der Waals surface area contributed by atoms with Crippen LogP contribution in [0.1, 0.15) is 20.8 Å². The van der Waals surface area contributed by atoms with Gasteiger partial charge in [0.1, 0.15) is 5.54 Å². The molecule has 0 radical (unpaired) electrons. The first kappa shape index (κ1) is 24.5. The lowest BCUT2D eigenvalue weighted by Gasteiger charge is -2.56. The smallest absolute Gasteiger partial charge is 0.408 e. The van der Waals surface area contributed by atoms with Crippen LogP contribution in [0.2, 0.25) is 10.0 Å². The predicted molar refractivity (Wildman–Crippen MR) is 127 cm³/mol. The first-order valence-electron chi connectivity index (χ1n) is 10.7. The highest BCUT2D eigenvalue weighted by Crippen LogP contribution is 2.41. The van der Waals surface area contributed by atoms with Crippen LogP contribution < -0.4 is 4.90 Å². The van der Waals surface area contributed by atoms with Crippen LogP contribution >= 0.6 is 23.2 Å². The van der Waals surface area contributed by atoms with E-state index in [4.69, 9.17) is 29.6 Å². The number of terminal acetylenes is 1. The number of carbonyl (C=O) groups excluding carboxylic acids is 1. The zero-order chi connectivity index (χ0) is 23.7. The lowest BCUT2D eigenvalue weighted by atomic mass is 9.69. The lowest BCUT2D eigenvalue weighted by Crippen LogP contribution is -2.75. The molecule has 0 saturated carbocycles. The van der Waals surface area contributed by atoms with Crippen LogP contribution in [-0.4, -0.2) is 89.7 Å². The van der Waals surface area contributed by atoms with Crippen molar-refractivity contribution in [3.8, 4) is 12.3 Å². The summed E-state index contributed by atoms with van der Waals surface area (Å²) in [5, 5.41) is 11.0. The molecule has 7 nitrogen and oxygen atoms in total. The molecular weight excluding hydrogens is 451 g/mol. The molecule has 1 aromatic rings. The van der Waals surface area contributed by atoms with E-state index in [0.29, 0.717) is 49.3 Å². The monoisotopic (exact) mass is 480 g/mol. The van der Waals surface area contributed by atoms with Crippen LogP contribution in [0.25, 0.3) is 0 Å². The fourth-order valence-electron chi connectivity index (χ4n) is 4.70. The second kappa shape index (κ2) is 9.38. The summed E-state index contributed by atoms with van der Waals surface area (Å²) in [5.74, 6) is 2.47. The Morgan fingerprint density at radius 1 is 1.09 bits per heavy atom. The van der Waals surface area contributed by atoms with Gasteiger partial charge in [-0.3, -0.25) is 14.6 Å². The summed E-state index contributed by atoms with van der Waals surface area (Å²) in [6.07, 6.45) is 4.44. The maximum absolute atomic E-state index is 14.0. The molecule has 32 heavy (non-hydrogen) atoms. The molecule has 174 valence electrons. The Morgan fingerprint density at radius 2 is 1.75 bits per heavy atom. The molecule has 3 rings (SSSR count). The molecule has 9 heteroatoms. The summed E-state index contributed by atoms with van der Waals surface area (Å²) in [4.78, 5) is 33.5. The second-order valence-corrected chi connectivity index (χ2v) is 10.2. The summed E-state index contributed by atoms with van der Waals surface area (Å²) in [6.45, 7) is 9.37. The number of hydrogen-bond acceptors (Lipinski definition) is 4. The van der Waals surface area contributed by atoms with E-state index in [1.54, 1.807) is 11.0 Å². The van der Waals surface area contributed by atoms with E-state index in [1.165, 1.54) is 4.90 Å². The number of anilines is 1. The largest absolute Gasteiger partial charge is 0.465 e. The molecule has 2 heterocycles. The molecule has 2 amide bonds. The van der Waals surface area contributed by atoms with Gasteiger partial charge in [0.15, 0.2) is 0 Å². The molecule has 1 aromatic carbocycles. The minimum Gasteiger partial charge on any atom is -0.465 e. The molecule has 0 spiro atoms. The number of amides is 2. The molecule has 0 unspecified atom stereocenters. The Hall–Kier alpha value is -2.14. The van der Waals surface area contributed by atoms with Crippen LogP contribution in [0, 0.1) is 17.8 Å². The summed E-state index contributed by atoms with van der Waals surface area (Å²) in [6, 6.07) is 5.49. The van der Waals surface area contributed by atoms with E-state index in [9.17, 15) is 14.7 Å². The van der Waals surface area contributed by atoms with Gasteiger partial charge in [0.05, 0.1) is 16.6 Å². The first-order valence-corrected chi connectivity index (χ1v) is 11.4. The number of benzene rings is 1. The molecule has 1 atom stereocenters. The van der Waals surface area contributed by atoms with Crippen LogP contribution in [0.4, 0.5) is 10.5 Å². The Bertz CT molecular complexity index is 919. The van der Waals surface area contributed by atoms with Crippen molar-refractivity contribution in [1.82, 2.24) is 14.7 Å². The van der Waals surface area contributed by atoms with Gasteiger partial charge in [-0.15, -0.1) is 6.42 Å². The fourth-order valence-corrected chi connectivity index (χ4v) is 4.99. The number of carbonyl (C=O) groups is 2. The normalized spacial score (nSPS) is 22.6. The highest BCUT2D eigenvalue weighted by Gasteiger charge is 2.58. The third-order valence-electron chi connectivity index (χ3n) is 6.53. The van der Waals surface area contributed by atoms with Crippen molar-refractivity contribution in [2.45, 2.75) is 26.3 Å². The average molecular weight is 481 g/mol. The van der Waals surface area contributed by atoms with Crippen molar-refractivity contribution >= 4 is 40.9 Å². The van der Waals surface area contributed by atoms with Gasteiger partial charge in [-0.1, -0.05) is 49.9 Å². The van der Waals surface area contributed by atoms with Crippen molar-refractivity contribution in [3.63, 3.8) is 0 Å². The van der Waals surface area contributed by atoms with Gasteiger partial charge in [-0.05, 0) is 23.6 Å². The van der Waals surface area contributed by atoms with E-state index in [1.807, 2.05) is 37.8 Å². The number of rotatable bonds is 3. The number of hydrogen-bond donors (Lipinski definition) is 1. The maximum atomic E-state index is 14.0. The van der Waals surface area contributed by atoms with Crippen LogP contribution in [0.5, 0.6) is 0 Å². The summed E-state index contributed by atoms with van der Waals surface area (Å²) >= 11 is 12.2. The van der Waals surface area contributed by atoms with E-state index in [-0.39, 0.29) is 19.0 Å². The zero-order valence-corrected chi connectivity index (χ0v) is 20.3. The zero-order valence-electron chi connectivity index (χ0n) is 18.8. The topological polar surface area (TPSA) is 67.3 Å². The second-order valence-electron chi connectivity index (χ2n) is 9.34. The van der Waals surface area contributed by atoms with Crippen molar-refractivity contribution in [3.05, 3.63) is 28.2 Å². The van der Waals surface area contributed by atoms with Gasteiger partial charge in [0.2, 0.25) is 0 Å². The quantitative estimate of drug-likeness (QED) is 0.671. The summed E-state index contributed by atoms with van der Waals surface area (Å²) in [5.41, 5.74) is -0.905. The minimum absolute atomic E-state index is 0.164. The number of piperazine rings is 2. The number of carboxylic acid groups (broad SMARTS) is 1. The van der Waals surface area contributed by atoms with Gasteiger partial charge >= 0.3 is 6.09 Å². The summed E-state index contributed by atoms with van der Waals surface area (Å²) < 4.78 is 0. The average Bonchev–Trinajstić information content (AvgIpc) is 2.74. The third-order valence-corrected chi connectivity index (χ3v) is 7.27. The Morgan fingerprint density at radius 3 is 2.28 bits per heavy atom. The summed E-state index contributed by atoms with van der Waals surface area (Å²) in [7, 11) is 0. The number of halogens is 2. The van der Waals surface area contributed by atoms with E-state index < -0.39 is 17.0 Å². The van der Waals surface area contributed by atoms with Crippen LogP contribution in [-0.2, 0) is 4.79 Å². The molecule has 2 fully saturated rings. The maximum Gasteiger partial charge on any atom is 0.408 e. The lowest BCUT2D eigenvalue weighted by molar-refractivity contribution is -0.158. The molecule has 0 aliphatic carbocycles. The standard InChI is InChI=1S/C23H30Cl2N4O3/c1-5-8-26-9-14-29(21(31)32)23(16-26,22(2,3)4)20(30)28-12-10-27(11-13-28)17-6-7-18(24)19(25)15-17/h1,6-7,15H,8-14,16H2,2-4H3,(H,31,32)/t23-/m1/s1. The Labute approximate surface area is 199 Å². The Kier molecular flexibility index (Phi) is 7.18. The third kappa shape index (κ3) is 4.50.